The third kappa shape index (κ3) is 11.5. The molecule has 0 saturated carbocycles. The van der Waals surface area contributed by atoms with Gasteiger partial charge in [0.2, 0.25) is 5.91 Å². The molecule has 0 spiro atoms. The van der Waals surface area contributed by atoms with Gasteiger partial charge in [-0.1, -0.05) is 19.8 Å². The van der Waals surface area contributed by atoms with Crippen molar-refractivity contribution in [1.82, 2.24) is 5.32 Å². The first-order valence-electron chi connectivity index (χ1n) is 6.55. The molecule has 0 bridgehead atoms. The molecule has 0 rings (SSSR count). The maximum absolute atomic E-state index is 11.1. The average molecular weight is 231 g/mol. The molecule has 0 aliphatic heterocycles. The monoisotopic (exact) mass is 231 g/mol. The van der Waals surface area contributed by atoms with Crippen LogP contribution in [-0.4, -0.2) is 25.2 Å². The summed E-state index contributed by atoms with van der Waals surface area (Å²) in [6.07, 6.45) is 6.50. The molecule has 0 aromatic carbocycles. The Morgan fingerprint density at radius 3 is 2.56 bits per heavy atom. The standard InChI is InChI=1S/C13H27NO2.H2/c1-4-9-13(15)14-10-7-5-6-8-11-16-12(2)3;/h12H,4-11H2,1-3H3,(H,14,15);1H. The van der Waals surface area contributed by atoms with Crippen molar-refractivity contribution >= 4 is 5.91 Å². The van der Waals surface area contributed by atoms with Crippen molar-refractivity contribution in [1.29, 1.82) is 0 Å². The predicted molar refractivity (Wildman–Crippen MR) is 69.6 cm³/mol. The van der Waals surface area contributed by atoms with Gasteiger partial charge >= 0.3 is 0 Å². The molecule has 0 unspecified atom stereocenters. The van der Waals surface area contributed by atoms with Crippen LogP contribution in [0.4, 0.5) is 0 Å². The van der Waals surface area contributed by atoms with Crippen molar-refractivity contribution in [3.05, 3.63) is 0 Å². The third-order valence-electron chi connectivity index (χ3n) is 2.32. The number of nitrogens with one attached hydrogen (secondary N) is 1. The van der Waals surface area contributed by atoms with E-state index in [-0.39, 0.29) is 7.33 Å². The SMILES string of the molecule is CCCC(=O)NCCCCCCOC(C)C.[HH]. The highest BCUT2D eigenvalue weighted by Crippen LogP contribution is 2.00. The lowest BCUT2D eigenvalue weighted by Gasteiger charge is -2.07. The quantitative estimate of drug-likeness (QED) is 0.587. The molecule has 1 amide bonds. The highest BCUT2D eigenvalue weighted by Gasteiger charge is 1.97. The van der Waals surface area contributed by atoms with E-state index in [0.29, 0.717) is 12.5 Å². The molecule has 16 heavy (non-hydrogen) atoms. The zero-order valence-electron chi connectivity index (χ0n) is 11.1. The lowest BCUT2D eigenvalue weighted by Crippen LogP contribution is -2.23. The second-order valence-corrected chi connectivity index (χ2v) is 4.43. The summed E-state index contributed by atoms with van der Waals surface area (Å²) in [5.74, 6) is 0.186. The number of unbranched alkanes of at least 4 members (excludes halogenated alkanes) is 3. The van der Waals surface area contributed by atoms with E-state index in [4.69, 9.17) is 4.74 Å². The molecular formula is C13H29NO2. The van der Waals surface area contributed by atoms with Gasteiger partial charge in [0.1, 0.15) is 0 Å². The lowest BCUT2D eigenvalue weighted by molar-refractivity contribution is -0.121. The van der Waals surface area contributed by atoms with Crippen LogP contribution < -0.4 is 5.32 Å². The molecule has 0 fully saturated rings. The summed E-state index contributed by atoms with van der Waals surface area (Å²) < 4.78 is 5.45. The summed E-state index contributed by atoms with van der Waals surface area (Å²) in [5.41, 5.74) is 0. The van der Waals surface area contributed by atoms with Crippen LogP contribution in [0.15, 0.2) is 0 Å². The second-order valence-electron chi connectivity index (χ2n) is 4.43. The van der Waals surface area contributed by atoms with Gasteiger partial charge in [0, 0.05) is 21.0 Å². The van der Waals surface area contributed by atoms with Gasteiger partial charge in [0.05, 0.1) is 6.10 Å². The number of hydrogen-bond donors (Lipinski definition) is 1. The Labute approximate surface area is 101 Å². The fraction of sp³-hybridized carbons (Fsp3) is 0.923. The Hall–Kier alpha value is -0.570. The van der Waals surface area contributed by atoms with Crippen LogP contribution in [-0.2, 0) is 9.53 Å². The Balaban J connectivity index is 0. The molecule has 0 saturated heterocycles. The number of amides is 1. The average Bonchev–Trinajstić information content (AvgIpc) is 2.22. The molecule has 0 aliphatic rings. The van der Waals surface area contributed by atoms with E-state index in [2.05, 4.69) is 19.2 Å². The van der Waals surface area contributed by atoms with Gasteiger partial charge in [-0.15, -0.1) is 0 Å². The summed E-state index contributed by atoms with van der Waals surface area (Å²) >= 11 is 0. The van der Waals surface area contributed by atoms with Gasteiger partial charge in [-0.3, -0.25) is 4.79 Å². The summed E-state index contributed by atoms with van der Waals surface area (Å²) in [5, 5.41) is 2.92. The Kier molecular flexibility index (Phi) is 10.5. The van der Waals surface area contributed by atoms with Crippen LogP contribution in [0, 0.1) is 0 Å². The smallest absolute Gasteiger partial charge is 0.219 e. The van der Waals surface area contributed by atoms with Crippen LogP contribution in [0.3, 0.4) is 0 Å². The first-order chi connectivity index (χ1) is 7.66. The number of hydrogen-bond acceptors (Lipinski definition) is 2. The van der Waals surface area contributed by atoms with Gasteiger partial charge in [0.25, 0.3) is 0 Å². The molecule has 0 aliphatic carbocycles. The summed E-state index contributed by atoms with van der Waals surface area (Å²) in [4.78, 5) is 11.1. The summed E-state index contributed by atoms with van der Waals surface area (Å²) in [6, 6.07) is 0. The topological polar surface area (TPSA) is 38.3 Å². The second kappa shape index (κ2) is 10.9. The molecule has 3 nitrogen and oxygen atoms in total. The molecule has 0 atom stereocenters. The first-order valence-corrected chi connectivity index (χ1v) is 6.55. The van der Waals surface area contributed by atoms with Crippen molar-refractivity contribution in [2.24, 2.45) is 0 Å². The summed E-state index contributed by atoms with van der Waals surface area (Å²) in [6.45, 7) is 7.82. The van der Waals surface area contributed by atoms with Gasteiger partial charge in [0.15, 0.2) is 0 Å². The molecular weight excluding hydrogens is 202 g/mol. The maximum Gasteiger partial charge on any atom is 0.219 e. The molecule has 0 radical (unpaired) electrons. The zero-order chi connectivity index (χ0) is 12.2. The van der Waals surface area contributed by atoms with E-state index in [1.165, 1.54) is 12.8 Å². The van der Waals surface area contributed by atoms with Crippen molar-refractivity contribution in [2.75, 3.05) is 13.2 Å². The largest absolute Gasteiger partial charge is 0.379 e. The molecule has 3 heteroatoms. The number of rotatable bonds is 10. The van der Waals surface area contributed by atoms with Crippen LogP contribution in [0.2, 0.25) is 0 Å². The van der Waals surface area contributed by atoms with Crippen molar-refractivity contribution in [3.8, 4) is 0 Å². The van der Waals surface area contributed by atoms with Gasteiger partial charge < -0.3 is 10.1 Å². The van der Waals surface area contributed by atoms with E-state index in [9.17, 15) is 4.79 Å². The Bertz CT molecular complexity index is 175. The van der Waals surface area contributed by atoms with E-state index in [1.807, 2.05) is 6.92 Å². The molecule has 0 heterocycles. The Morgan fingerprint density at radius 1 is 1.25 bits per heavy atom. The third-order valence-corrected chi connectivity index (χ3v) is 2.32. The minimum Gasteiger partial charge on any atom is -0.379 e. The van der Waals surface area contributed by atoms with E-state index in [0.717, 1.165) is 32.4 Å². The normalized spacial score (nSPS) is 10.8. The lowest BCUT2D eigenvalue weighted by atomic mass is 10.2. The molecule has 0 aromatic heterocycles. The van der Waals surface area contributed by atoms with Gasteiger partial charge in [-0.05, 0) is 33.1 Å². The van der Waals surface area contributed by atoms with Crippen LogP contribution in [0.1, 0.15) is 60.7 Å². The minimum absolute atomic E-state index is 0. The van der Waals surface area contributed by atoms with Crippen LogP contribution >= 0.6 is 0 Å². The van der Waals surface area contributed by atoms with E-state index in [1.54, 1.807) is 0 Å². The summed E-state index contributed by atoms with van der Waals surface area (Å²) in [7, 11) is 0. The van der Waals surface area contributed by atoms with Crippen molar-refractivity contribution in [2.45, 2.75) is 65.4 Å². The highest BCUT2D eigenvalue weighted by atomic mass is 16.5. The van der Waals surface area contributed by atoms with E-state index < -0.39 is 0 Å². The number of carbonyl (C=O) groups is 1. The minimum atomic E-state index is 0. The first kappa shape index (κ1) is 15.4. The van der Waals surface area contributed by atoms with Gasteiger partial charge in [-0.2, -0.15) is 0 Å². The predicted octanol–water partition coefficient (Wildman–Crippen LogP) is 3.13. The molecule has 0 aromatic rings. The van der Waals surface area contributed by atoms with Crippen molar-refractivity contribution in [3.63, 3.8) is 0 Å². The number of carbonyl (C=O) groups excluding carboxylic acids is 1. The van der Waals surface area contributed by atoms with Crippen molar-refractivity contribution < 1.29 is 11.0 Å². The molecule has 98 valence electrons. The zero-order valence-corrected chi connectivity index (χ0v) is 11.1. The van der Waals surface area contributed by atoms with Crippen LogP contribution in [0.5, 0.6) is 0 Å². The fourth-order valence-electron chi connectivity index (χ4n) is 1.44. The molecule has 1 N–H and O–H groups in total. The van der Waals surface area contributed by atoms with Crippen LogP contribution in [0.25, 0.3) is 0 Å². The van der Waals surface area contributed by atoms with Gasteiger partial charge in [-0.25, -0.2) is 0 Å². The van der Waals surface area contributed by atoms with E-state index >= 15 is 0 Å². The maximum atomic E-state index is 11.1. The Morgan fingerprint density at radius 2 is 1.94 bits per heavy atom. The number of ether oxygens (including phenoxy) is 1. The highest BCUT2D eigenvalue weighted by molar-refractivity contribution is 5.75. The fourth-order valence-corrected chi connectivity index (χ4v) is 1.44.